The van der Waals surface area contributed by atoms with Gasteiger partial charge in [0, 0.05) is 24.2 Å². The van der Waals surface area contributed by atoms with Gasteiger partial charge >= 0.3 is 0 Å². The SMILES string of the molecule is Cc1cc(OCCCC(=O)NCc2ccc(-n3cnc4ccccc43)nc2)ccc1Cl. The van der Waals surface area contributed by atoms with E-state index in [-0.39, 0.29) is 5.91 Å². The Morgan fingerprint density at radius 2 is 2.00 bits per heavy atom. The van der Waals surface area contributed by atoms with Crippen molar-refractivity contribution in [2.45, 2.75) is 26.3 Å². The van der Waals surface area contributed by atoms with Gasteiger partial charge in [0.15, 0.2) is 0 Å². The van der Waals surface area contributed by atoms with E-state index in [1.54, 1.807) is 12.5 Å². The molecule has 0 aliphatic heterocycles. The van der Waals surface area contributed by atoms with Gasteiger partial charge in [-0.1, -0.05) is 29.8 Å². The van der Waals surface area contributed by atoms with Crippen LogP contribution in [0.3, 0.4) is 0 Å². The maximum absolute atomic E-state index is 12.1. The molecule has 4 aromatic rings. The molecular weight excluding hydrogens is 412 g/mol. The van der Waals surface area contributed by atoms with Crippen molar-refractivity contribution in [3.63, 3.8) is 0 Å². The highest BCUT2D eigenvalue weighted by atomic mass is 35.5. The molecule has 0 bridgehead atoms. The van der Waals surface area contributed by atoms with Gasteiger partial charge in [-0.25, -0.2) is 9.97 Å². The molecular formula is C24H23ClN4O2. The van der Waals surface area contributed by atoms with Crippen LogP contribution in [0, 0.1) is 6.92 Å². The number of aromatic nitrogens is 3. The molecule has 0 aliphatic carbocycles. The second-order valence-electron chi connectivity index (χ2n) is 7.27. The number of ether oxygens (including phenoxy) is 1. The molecule has 0 radical (unpaired) electrons. The number of fused-ring (bicyclic) bond motifs is 1. The van der Waals surface area contributed by atoms with Crippen molar-refractivity contribution in [1.29, 1.82) is 0 Å². The number of amides is 1. The van der Waals surface area contributed by atoms with Crippen LogP contribution in [0.15, 0.2) is 67.1 Å². The molecule has 2 aromatic heterocycles. The number of hydrogen-bond acceptors (Lipinski definition) is 4. The fourth-order valence-corrected chi connectivity index (χ4v) is 3.34. The van der Waals surface area contributed by atoms with Gasteiger partial charge in [-0.3, -0.25) is 9.36 Å². The molecule has 0 spiro atoms. The summed E-state index contributed by atoms with van der Waals surface area (Å²) in [4.78, 5) is 21.0. The fraction of sp³-hybridized carbons (Fsp3) is 0.208. The first-order valence-corrected chi connectivity index (χ1v) is 10.5. The number of hydrogen-bond donors (Lipinski definition) is 1. The third-order valence-corrected chi connectivity index (χ3v) is 5.37. The quantitative estimate of drug-likeness (QED) is 0.402. The zero-order valence-electron chi connectivity index (χ0n) is 17.2. The zero-order chi connectivity index (χ0) is 21.6. The Morgan fingerprint density at radius 1 is 1.13 bits per heavy atom. The van der Waals surface area contributed by atoms with Gasteiger partial charge in [-0.15, -0.1) is 0 Å². The maximum atomic E-state index is 12.1. The first-order chi connectivity index (χ1) is 15.1. The summed E-state index contributed by atoms with van der Waals surface area (Å²) in [5.74, 6) is 1.54. The summed E-state index contributed by atoms with van der Waals surface area (Å²) in [5, 5.41) is 3.64. The van der Waals surface area contributed by atoms with Crippen molar-refractivity contribution < 1.29 is 9.53 Å². The summed E-state index contributed by atoms with van der Waals surface area (Å²) in [6.45, 7) is 2.85. The molecule has 0 aliphatic rings. The van der Waals surface area contributed by atoms with Crippen LogP contribution in [-0.2, 0) is 11.3 Å². The summed E-state index contributed by atoms with van der Waals surface area (Å²) in [6.07, 6.45) is 4.58. The fourth-order valence-electron chi connectivity index (χ4n) is 3.22. The van der Waals surface area contributed by atoms with Crippen molar-refractivity contribution in [2.24, 2.45) is 0 Å². The highest BCUT2D eigenvalue weighted by Crippen LogP contribution is 2.21. The maximum Gasteiger partial charge on any atom is 0.220 e. The summed E-state index contributed by atoms with van der Waals surface area (Å²) < 4.78 is 7.62. The van der Waals surface area contributed by atoms with Gasteiger partial charge in [-0.05, 0) is 60.9 Å². The monoisotopic (exact) mass is 434 g/mol. The lowest BCUT2D eigenvalue weighted by atomic mass is 10.2. The number of nitrogens with zero attached hydrogens (tertiary/aromatic N) is 3. The minimum atomic E-state index is -0.0134. The molecule has 4 rings (SSSR count). The van der Waals surface area contributed by atoms with Crippen LogP contribution in [0.1, 0.15) is 24.0 Å². The van der Waals surface area contributed by atoms with Crippen molar-refractivity contribution in [1.82, 2.24) is 19.9 Å². The topological polar surface area (TPSA) is 69.0 Å². The Morgan fingerprint density at radius 3 is 2.81 bits per heavy atom. The first-order valence-electron chi connectivity index (χ1n) is 10.1. The molecule has 7 heteroatoms. The third kappa shape index (κ3) is 5.22. The van der Waals surface area contributed by atoms with Crippen LogP contribution >= 0.6 is 11.6 Å². The molecule has 1 amide bonds. The molecule has 0 saturated carbocycles. The van der Waals surface area contributed by atoms with E-state index in [0.29, 0.717) is 31.0 Å². The Bertz CT molecular complexity index is 1190. The second kappa shape index (κ2) is 9.62. The van der Waals surface area contributed by atoms with Crippen molar-refractivity contribution in [3.05, 3.63) is 83.3 Å². The smallest absolute Gasteiger partial charge is 0.220 e. The van der Waals surface area contributed by atoms with E-state index in [0.717, 1.165) is 33.7 Å². The lowest BCUT2D eigenvalue weighted by Gasteiger charge is -2.09. The average molecular weight is 435 g/mol. The van der Waals surface area contributed by atoms with Gasteiger partial charge in [0.05, 0.1) is 17.6 Å². The second-order valence-corrected chi connectivity index (χ2v) is 7.67. The Hall–Kier alpha value is -3.38. The minimum Gasteiger partial charge on any atom is -0.494 e. The summed E-state index contributed by atoms with van der Waals surface area (Å²) in [6, 6.07) is 17.3. The van der Waals surface area contributed by atoms with E-state index in [2.05, 4.69) is 15.3 Å². The number of para-hydroxylation sites is 2. The number of pyridine rings is 1. The number of imidazole rings is 1. The lowest BCUT2D eigenvalue weighted by Crippen LogP contribution is -2.23. The molecule has 0 unspecified atom stereocenters. The Kier molecular flexibility index (Phi) is 6.48. The normalized spacial score (nSPS) is 10.9. The van der Waals surface area contributed by atoms with E-state index in [9.17, 15) is 4.79 Å². The molecule has 2 aromatic carbocycles. The predicted octanol–water partition coefficient (Wildman–Crippen LogP) is 4.86. The molecule has 0 saturated heterocycles. The molecule has 1 N–H and O–H groups in total. The van der Waals surface area contributed by atoms with Crippen LogP contribution in [0.5, 0.6) is 5.75 Å². The molecule has 0 fully saturated rings. The van der Waals surface area contributed by atoms with E-state index >= 15 is 0 Å². The molecule has 158 valence electrons. The van der Waals surface area contributed by atoms with E-state index < -0.39 is 0 Å². The van der Waals surface area contributed by atoms with Gasteiger partial charge in [0.1, 0.15) is 17.9 Å². The predicted molar refractivity (Wildman–Crippen MR) is 122 cm³/mol. The largest absolute Gasteiger partial charge is 0.494 e. The standard InChI is InChI=1S/C24H23ClN4O2/c1-17-13-19(9-10-20(17)25)31-12-4-7-24(30)27-15-18-8-11-23(26-14-18)29-16-28-21-5-2-3-6-22(21)29/h2-3,5-6,8-11,13-14,16H,4,7,12,15H2,1H3,(H,27,30). The zero-order valence-corrected chi connectivity index (χ0v) is 18.0. The van der Waals surface area contributed by atoms with Gasteiger partial charge in [-0.2, -0.15) is 0 Å². The third-order valence-electron chi connectivity index (χ3n) is 4.95. The summed E-state index contributed by atoms with van der Waals surface area (Å²) >= 11 is 6.01. The molecule has 31 heavy (non-hydrogen) atoms. The van der Waals surface area contributed by atoms with Crippen molar-refractivity contribution in [3.8, 4) is 11.6 Å². The number of rotatable bonds is 8. The number of aryl methyl sites for hydroxylation is 1. The molecule has 0 atom stereocenters. The van der Waals surface area contributed by atoms with E-state index in [4.69, 9.17) is 16.3 Å². The number of carbonyl (C=O) groups is 1. The summed E-state index contributed by atoms with van der Waals surface area (Å²) in [5.41, 5.74) is 3.84. The van der Waals surface area contributed by atoms with E-state index in [1.807, 2.05) is 66.1 Å². The number of halogens is 1. The first kappa shape index (κ1) is 20.9. The highest BCUT2D eigenvalue weighted by molar-refractivity contribution is 6.31. The van der Waals surface area contributed by atoms with Crippen molar-refractivity contribution in [2.75, 3.05) is 6.61 Å². The lowest BCUT2D eigenvalue weighted by molar-refractivity contribution is -0.121. The van der Waals surface area contributed by atoms with Crippen LogP contribution in [0.4, 0.5) is 0 Å². The molecule has 6 nitrogen and oxygen atoms in total. The average Bonchev–Trinajstić information content (AvgIpc) is 3.22. The van der Waals surface area contributed by atoms with E-state index in [1.165, 1.54) is 0 Å². The number of nitrogens with one attached hydrogen (secondary N) is 1. The molecule has 2 heterocycles. The number of carbonyl (C=O) groups excluding carboxylic acids is 1. The minimum absolute atomic E-state index is 0.0134. The van der Waals surface area contributed by atoms with Gasteiger partial charge < -0.3 is 10.1 Å². The van der Waals surface area contributed by atoms with Crippen LogP contribution in [0.25, 0.3) is 16.9 Å². The van der Waals surface area contributed by atoms with Gasteiger partial charge in [0.25, 0.3) is 0 Å². The van der Waals surface area contributed by atoms with Crippen molar-refractivity contribution >= 4 is 28.5 Å². The Labute approximate surface area is 185 Å². The van der Waals surface area contributed by atoms with Gasteiger partial charge in [0.2, 0.25) is 5.91 Å². The highest BCUT2D eigenvalue weighted by Gasteiger charge is 2.06. The summed E-state index contributed by atoms with van der Waals surface area (Å²) in [7, 11) is 0. The van der Waals surface area contributed by atoms with Crippen LogP contribution < -0.4 is 10.1 Å². The number of benzene rings is 2. The van der Waals surface area contributed by atoms with Crippen LogP contribution in [-0.4, -0.2) is 27.0 Å². The Balaban J connectivity index is 1.22. The van der Waals surface area contributed by atoms with Crippen LogP contribution in [0.2, 0.25) is 5.02 Å².